The van der Waals surface area contributed by atoms with E-state index in [0.717, 1.165) is 55.4 Å². The van der Waals surface area contributed by atoms with Crippen LogP contribution in [0.5, 0.6) is 0 Å². The van der Waals surface area contributed by atoms with Crippen molar-refractivity contribution < 1.29 is 4.79 Å². The SMILES string of the molecule is CCCn1c(SCC(=O)N2CCCCC2)nnc1-c1ccc(Cl)cc1. The van der Waals surface area contributed by atoms with Crippen molar-refractivity contribution in [1.82, 2.24) is 19.7 Å². The quantitative estimate of drug-likeness (QED) is 0.709. The number of carbonyl (C=O) groups excluding carboxylic acids is 1. The number of benzene rings is 1. The molecule has 1 amide bonds. The standard InChI is InChI=1S/C18H23ClN4OS/c1-2-10-23-17(14-6-8-15(19)9-7-14)20-21-18(23)25-13-16(24)22-11-4-3-5-12-22/h6-9H,2-5,10-13H2,1H3. The summed E-state index contributed by atoms with van der Waals surface area (Å²) in [6.45, 7) is 4.72. The van der Waals surface area contributed by atoms with E-state index in [1.165, 1.54) is 18.2 Å². The summed E-state index contributed by atoms with van der Waals surface area (Å²) >= 11 is 7.45. The van der Waals surface area contributed by atoms with Crippen molar-refractivity contribution in [2.75, 3.05) is 18.8 Å². The zero-order valence-corrected chi connectivity index (χ0v) is 16.0. The van der Waals surface area contributed by atoms with E-state index < -0.39 is 0 Å². The van der Waals surface area contributed by atoms with Crippen LogP contribution in [0.3, 0.4) is 0 Å². The van der Waals surface area contributed by atoms with E-state index in [1.807, 2.05) is 29.2 Å². The molecule has 0 atom stereocenters. The fourth-order valence-corrected chi connectivity index (χ4v) is 3.99. The third-order valence-electron chi connectivity index (χ3n) is 4.30. The Bertz CT molecular complexity index is 710. The third-order valence-corrected chi connectivity index (χ3v) is 5.50. The van der Waals surface area contributed by atoms with Gasteiger partial charge < -0.3 is 9.47 Å². The van der Waals surface area contributed by atoms with Gasteiger partial charge >= 0.3 is 0 Å². The van der Waals surface area contributed by atoms with Gasteiger partial charge in [-0.1, -0.05) is 30.3 Å². The second kappa shape index (κ2) is 8.72. The highest BCUT2D eigenvalue weighted by Gasteiger charge is 2.19. The van der Waals surface area contributed by atoms with Gasteiger partial charge in [0.15, 0.2) is 11.0 Å². The molecule has 1 aliphatic heterocycles. The maximum Gasteiger partial charge on any atom is 0.233 e. The molecule has 0 radical (unpaired) electrons. The normalized spacial score (nSPS) is 14.7. The van der Waals surface area contributed by atoms with Crippen LogP contribution in [0, 0.1) is 0 Å². The molecule has 7 heteroatoms. The second-order valence-corrected chi connectivity index (χ2v) is 7.57. The van der Waals surface area contributed by atoms with E-state index in [9.17, 15) is 4.79 Å². The number of rotatable bonds is 6. The Hall–Kier alpha value is -1.53. The number of thioether (sulfide) groups is 1. The number of amides is 1. The number of hydrogen-bond donors (Lipinski definition) is 0. The zero-order valence-electron chi connectivity index (χ0n) is 14.4. The Morgan fingerprint density at radius 3 is 2.56 bits per heavy atom. The number of piperidine rings is 1. The first kappa shape index (κ1) is 18.3. The molecule has 3 rings (SSSR count). The average molecular weight is 379 g/mol. The van der Waals surface area contributed by atoms with Crippen molar-refractivity contribution in [3.8, 4) is 11.4 Å². The molecule has 0 saturated carbocycles. The van der Waals surface area contributed by atoms with E-state index in [1.54, 1.807) is 0 Å². The molecular formula is C18H23ClN4OS. The summed E-state index contributed by atoms with van der Waals surface area (Å²) < 4.78 is 2.09. The minimum atomic E-state index is 0.198. The molecule has 0 unspecified atom stereocenters. The Labute approximate surface area is 157 Å². The summed E-state index contributed by atoms with van der Waals surface area (Å²) in [4.78, 5) is 14.4. The summed E-state index contributed by atoms with van der Waals surface area (Å²) in [6, 6.07) is 7.61. The van der Waals surface area contributed by atoms with Gasteiger partial charge in [-0.15, -0.1) is 10.2 Å². The molecule has 0 spiro atoms. The van der Waals surface area contributed by atoms with Crippen molar-refractivity contribution in [3.05, 3.63) is 29.3 Å². The van der Waals surface area contributed by atoms with E-state index in [-0.39, 0.29) is 5.91 Å². The highest BCUT2D eigenvalue weighted by molar-refractivity contribution is 7.99. The van der Waals surface area contributed by atoms with Crippen LogP contribution in [0.15, 0.2) is 29.4 Å². The van der Waals surface area contributed by atoms with Gasteiger partial charge in [0.05, 0.1) is 5.75 Å². The number of carbonyl (C=O) groups is 1. The lowest BCUT2D eigenvalue weighted by Crippen LogP contribution is -2.36. The van der Waals surface area contributed by atoms with Crippen LogP contribution in [-0.4, -0.2) is 44.4 Å². The van der Waals surface area contributed by atoms with Crippen LogP contribution >= 0.6 is 23.4 Å². The molecule has 2 heterocycles. The Morgan fingerprint density at radius 1 is 1.16 bits per heavy atom. The van der Waals surface area contributed by atoms with Gasteiger partial charge in [0, 0.05) is 30.2 Å². The molecule has 1 aromatic carbocycles. The molecule has 2 aromatic rings. The second-order valence-electron chi connectivity index (χ2n) is 6.19. The van der Waals surface area contributed by atoms with Crippen molar-refractivity contribution in [2.45, 2.75) is 44.3 Å². The highest BCUT2D eigenvalue weighted by atomic mass is 35.5. The van der Waals surface area contributed by atoms with Crippen molar-refractivity contribution in [1.29, 1.82) is 0 Å². The topological polar surface area (TPSA) is 51.0 Å². The Kier molecular flexibility index (Phi) is 6.37. The van der Waals surface area contributed by atoms with Gasteiger partial charge in [-0.3, -0.25) is 4.79 Å². The van der Waals surface area contributed by atoms with Crippen molar-refractivity contribution >= 4 is 29.3 Å². The summed E-state index contributed by atoms with van der Waals surface area (Å²) in [6.07, 6.45) is 4.44. The lowest BCUT2D eigenvalue weighted by Gasteiger charge is -2.26. The predicted molar refractivity (Wildman–Crippen MR) is 102 cm³/mol. The van der Waals surface area contributed by atoms with Gasteiger partial charge in [-0.25, -0.2) is 0 Å². The first-order valence-corrected chi connectivity index (χ1v) is 10.1. The maximum atomic E-state index is 12.4. The van der Waals surface area contributed by atoms with Crippen molar-refractivity contribution in [3.63, 3.8) is 0 Å². The Morgan fingerprint density at radius 2 is 1.88 bits per heavy atom. The molecule has 25 heavy (non-hydrogen) atoms. The lowest BCUT2D eigenvalue weighted by atomic mass is 10.1. The molecule has 0 aliphatic carbocycles. The van der Waals surface area contributed by atoms with Crippen LogP contribution in [0.2, 0.25) is 5.02 Å². The number of nitrogens with zero attached hydrogens (tertiary/aromatic N) is 4. The summed E-state index contributed by atoms with van der Waals surface area (Å²) in [5.41, 5.74) is 0.986. The monoisotopic (exact) mass is 378 g/mol. The minimum Gasteiger partial charge on any atom is -0.342 e. The van der Waals surface area contributed by atoms with Crippen LogP contribution in [0.4, 0.5) is 0 Å². The maximum absolute atomic E-state index is 12.4. The largest absolute Gasteiger partial charge is 0.342 e. The van der Waals surface area contributed by atoms with Gasteiger partial charge in [0.1, 0.15) is 0 Å². The number of aromatic nitrogens is 3. The molecular weight excluding hydrogens is 356 g/mol. The molecule has 5 nitrogen and oxygen atoms in total. The van der Waals surface area contributed by atoms with Crippen molar-refractivity contribution in [2.24, 2.45) is 0 Å². The van der Waals surface area contributed by atoms with E-state index in [2.05, 4.69) is 21.7 Å². The molecule has 1 fully saturated rings. The van der Waals surface area contributed by atoms with Gasteiger partial charge in [0.25, 0.3) is 0 Å². The lowest BCUT2D eigenvalue weighted by molar-refractivity contribution is -0.129. The third kappa shape index (κ3) is 4.55. The fourth-order valence-electron chi connectivity index (χ4n) is 2.99. The first-order chi connectivity index (χ1) is 12.2. The predicted octanol–water partition coefficient (Wildman–Crippen LogP) is 4.11. The number of likely N-dealkylation sites (tertiary alicyclic amines) is 1. The molecule has 134 valence electrons. The molecule has 0 bridgehead atoms. The average Bonchev–Trinajstić information content (AvgIpc) is 3.04. The van der Waals surface area contributed by atoms with Gasteiger partial charge in [-0.2, -0.15) is 0 Å². The number of halogens is 1. The molecule has 1 aromatic heterocycles. The minimum absolute atomic E-state index is 0.198. The van der Waals surface area contributed by atoms with E-state index in [4.69, 9.17) is 11.6 Å². The van der Waals surface area contributed by atoms with Crippen LogP contribution in [-0.2, 0) is 11.3 Å². The molecule has 0 N–H and O–H groups in total. The van der Waals surface area contributed by atoms with Crippen LogP contribution < -0.4 is 0 Å². The fraction of sp³-hybridized carbons (Fsp3) is 0.500. The van der Waals surface area contributed by atoms with E-state index >= 15 is 0 Å². The van der Waals surface area contributed by atoms with E-state index in [0.29, 0.717) is 10.8 Å². The molecule has 1 saturated heterocycles. The summed E-state index contributed by atoms with van der Waals surface area (Å²) in [7, 11) is 0. The van der Waals surface area contributed by atoms with Crippen LogP contribution in [0.25, 0.3) is 11.4 Å². The van der Waals surface area contributed by atoms with Crippen LogP contribution in [0.1, 0.15) is 32.6 Å². The first-order valence-electron chi connectivity index (χ1n) is 8.78. The van der Waals surface area contributed by atoms with Gasteiger partial charge in [0.2, 0.25) is 5.91 Å². The summed E-state index contributed by atoms with van der Waals surface area (Å²) in [5.74, 6) is 1.44. The Balaban J connectivity index is 1.72. The highest BCUT2D eigenvalue weighted by Crippen LogP contribution is 2.26. The smallest absolute Gasteiger partial charge is 0.233 e. The van der Waals surface area contributed by atoms with Gasteiger partial charge in [-0.05, 0) is 49.9 Å². The molecule has 1 aliphatic rings. The number of hydrogen-bond acceptors (Lipinski definition) is 4. The zero-order chi connectivity index (χ0) is 17.6. The summed E-state index contributed by atoms with van der Waals surface area (Å²) in [5, 5.41) is 10.2.